The number of nitrogens with zero attached hydrogens (tertiary/aromatic N) is 5. The van der Waals surface area contributed by atoms with Crippen LogP contribution in [0.4, 0.5) is 0 Å². The van der Waals surface area contributed by atoms with Gasteiger partial charge in [0.05, 0.1) is 27.9 Å². The van der Waals surface area contributed by atoms with Crippen molar-refractivity contribution in [3.8, 4) is 56.1 Å². The van der Waals surface area contributed by atoms with Crippen LogP contribution in [-0.4, -0.2) is 24.1 Å². The van der Waals surface area contributed by atoms with Gasteiger partial charge in [-0.25, -0.2) is 4.98 Å². The van der Waals surface area contributed by atoms with Crippen molar-refractivity contribution in [2.24, 2.45) is 0 Å². The van der Waals surface area contributed by atoms with Gasteiger partial charge in [-0.2, -0.15) is 0 Å². The minimum atomic E-state index is 0.920. The predicted molar refractivity (Wildman–Crippen MR) is 230 cm³/mol. The maximum absolute atomic E-state index is 4.96. The molecular weight excluding hydrogens is 683 g/mol. The Balaban J connectivity index is 1.08. The van der Waals surface area contributed by atoms with Crippen LogP contribution in [0.25, 0.3) is 99.9 Å². The highest BCUT2D eigenvalue weighted by Gasteiger charge is 2.18. The molecule has 0 aliphatic rings. The van der Waals surface area contributed by atoms with E-state index < -0.39 is 0 Å². The van der Waals surface area contributed by atoms with Crippen molar-refractivity contribution in [3.63, 3.8) is 0 Å². The third-order valence-corrected chi connectivity index (χ3v) is 10.8. The summed E-state index contributed by atoms with van der Waals surface area (Å²) in [5, 5.41) is 4.77. The highest BCUT2D eigenvalue weighted by Crippen LogP contribution is 2.39. The Labute approximate surface area is 323 Å². The molecule has 0 spiro atoms. The van der Waals surface area contributed by atoms with Crippen LogP contribution in [0.3, 0.4) is 0 Å². The fraction of sp³-hybridized carbons (Fsp3) is 0. The van der Waals surface area contributed by atoms with E-state index in [9.17, 15) is 0 Å². The number of rotatable bonds is 6. The second-order valence-electron chi connectivity index (χ2n) is 14.1. The summed E-state index contributed by atoms with van der Waals surface area (Å²) in [6.45, 7) is 0. The van der Waals surface area contributed by atoms with Crippen LogP contribution in [0.15, 0.2) is 201 Å². The number of aromatic nitrogens is 5. The maximum Gasteiger partial charge on any atom is 0.145 e. The molecule has 11 rings (SSSR count). The number of hydrogen-bond acceptors (Lipinski definition) is 3. The van der Waals surface area contributed by atoms with E-state index in [1.165, 1.54) is 21.8 Å². The molecule has 0 aliphatic heterocycles. The van der Waals surface area contributed by atoms with Gasteiger partial charge in [0, 0.05) is 62.6 Å². The second kappa shape index (κ2) is 13.0. The average Bonchev–Trinajstić information content (AvgIpc) is 3.79. The lowest BCUT2D eigenvalue weighted by Gasteiger charge is -2.13. The summed E-state index contributed by atoms with van der Waals surface area (Å²) < 4.78 is 4.68. The first kappa shape index (κ1) is 31.9. The van der Waals surface area contributed by atoms with Crippen LogP contribution in [0, 0.1) is 0 Å². The summed E-state index contributed by atoms with van der Waals surface area (Å²) in [6.07, 6.45) is 5.57. The van der Waals surface area contributed by atoms with E-state index in [4.69, 9.17) is 15.0 Å². The Morgan fingerprint density at radius 3 is 1.55 bits per heavy atom. The van der Waals surface area contributed by atoms with Gasteiger partial charge in [-0.15, -0.1) is 0 Å². The third kappa shape index (κ3) is 5.29. The standard InChI is InChI=1S/C51H33N5/c1-2-13-40(14-3-1)55-48-20-5-4-16-42(48)43-23-21-35(32-49(43)55)36-22-24-44-45-17-11-27-54-51(45)56(50(44)33-36)41-15-10-12-34(31-41)37-28-38(46-18-6-8-25-52-46)30-39(29-37)47-19-7-9-26-53-47/h1-33H. The molecule has 5 nitrogen and oxygen atoms in total. The molecule has 0 amide bonds. The Hall–Kier alpha value is -7.63. The zero-order valence-corrected chi connectivity index (χ0v) is 30.3. The van der Waals surface area contributed by atoms with Crippen molar-refractivity contribution in [2.45, 2.75) is 0 Å². The van der Waals surface area contributed by atoms with Crippen LogP contribution in [0.2, 0.25) is 0 Å². The highest BCUT2D eigenvalue weighted by molar-refractivity contribution is 6.11. The van der Waals surface area contributed by atoms with Gasteiger partial charge in [-0.1, -0.05) is 84.9 Å². The third-order valence-electron chi connectivity index (χ3n) is 10.8. The molecule has 0 aliphatic carbocycles. The molecular formula is C51H33N5. The van der Waals surface area contributed by atoms with E-state index in [1.807, 2.05) is 48.9 Å². The van der Waals surface area contributed by atoms with Gasteiger partial charge in [0.1, 0.15) is 5.65 Å². The fourth-order valence-electron chi connectivity index (χ4n) is 8.27. The summed E-state index contributed by atoms with van der Waals surface area (Å²) in [4.78, 5) is 14.3. The molecule has 0 bridgehead atoms. The summed E-state index contributed by atoms with van der Waals surface area (Å²) >= 11 is 0. The van der Waals surface area contributed by atoms with Crippen LogP contribution in [0.5, 0.6) is 0 Å². The van der Waals surface area contributed by atoms with Crippen molar-refractivity contribution >= 4 is 43.7 Å². The topological polar surface area (TPSA) is 48.5 Å². The first-order valence-electron chi connectivity index (χ1n) is 18.8. The van der Waals surface area contributed by atoms with Gasteiger partial charge in [0.2, 0.25) is 0 Å². The van der Waals surface area contributed by atoms with Crippen molar-refractivity contribution in [2.75, 3.05) is 0 Å². The fourth-order valence-corrected chi connectivity index (χ4v) is 8.27. The molecule has 0 radical (unpaired) electrons. The van der Waals surface area contributed by atoms with Crippen LogP contribution in [0.1, 0.15) is 0 Å². The second-order valence-corrected chi connectivity index (χ2v) is 14.1. The molecule has 0 saturated carbocycles. The van der Waals surface area contributed by atoms with E-state index >= 15 is 0 Å². The lowest BCUT2D eigenvalue weighted by molar-refractivity contribution is 1.14. The van der Waals surface area contributed by atoms with Gasteiger partial charge >= 0.3 is 0 Å². The minimum absolute atomic E-state index is 0.920. The summed E-state index contributed by atoms with van der Waals surface area (Å²) in [5.74, 6) is 0. The Bertz CT molecular complexity index is 3180. The van der Waals surface area contributed by atoms with Crippen molar-refractivity contribution in [3.05, 3.63) is 201 Å². The van der Waals surface area contributed by atoms with Crippen LogP contribution in [-0.2, 0) is 0 Å². The molecule has 5 heterocycles. The number of hydrogen-bond donors (Lipinski definition) is 0. The first-order chi connectivity index (χ1) is 27.8. The Kier molecular flexibility index (Phi) is 7.42. The maximum atomic E-state index is 4.96. The van der Waals surface area contributed by atoms with Gasteiger partial charge in [-0.3, -0.25) is 14.5 Å². The summed E-state index contributed by atoms with van der Waals surface area (Å²) in [7, 11) is 0. The van der Waals surface area contributed by atoms with Crippen molar-refractivity contribution in [1.29, 1.82) is 0 Å². The number of pyridine rings is 3. The zero-order chi connectivity index (χ0) is 37.0. The van der Waals surface area contributed by atoms with Crippen molar-refractivity contribution in [1.82, 2.24) is 24.1 Å². The van der Waals surface area contributed by atoms with Crippen LogP contribution >= 0.6 is 0 Å². The summed E-state index contributed by atoms with van der Waals surface area (Å²) in [5.41, 5.74) is 15.0. The predicted octanol–water partition coefficient (Wildman–Crippen LogP) is 12.7. The largest absolute Gasteiger partial charge is 0.309 e. The van der Waals surface area contributed by atoms with Gasteiger partial charge < -0.3 is 4.57 Å². The van der Waals surface area contributed by atoms with Gasteiger partial charge in [-0.05, 0) is 119 Å². The molecule has 0 N–H and O–H groups in total. The molecule has 262 valence electrons. The number of para-hydroxylation sites is 2. The molecule has 56 heavy (non-hydrogen) atoms. The number of fused-ring (bicyclic) bond motifs is 6. The molecule has 11 aromatic rings. The normalized spacial score (nSPS) is 11.6. The summed E-state index contributed by atoms with van der Waals surface area (Å²) in [6, 6.07) is 64.6. The Morgan fingerprint density at radius 2 is 0.839 bits per heavy atom. The molecule has 0 fully saturated rings. The molecule has 5 heteroatoms. The lowest BCUT2D eigenvalue weighted by atomic mass is 9.96. The molecule has 0 atom stereocenters. The van der Waals surface area contributed by atoms with Crippen LogP contribution < -0.4 is 0 Å². The van der Waals surface area contributed by atoms with E-state index in [0.717, 1.165) is 78.1 Å². The van der Waals surface area contributed by atoms with Crippen molar-refractivity contribution < 1.29 is 0 Å². The lowest BCUT2D eigenvalue weighted by Crippen LogP contribution is -1.96. The van der Waals surface area contributed by atoms with E-state index in [1.54, 1.807) is 0 Å². The number of benzene rings is 6. The Morgan fingerprint density at radius 1 is 0.286 bits per heavy atom. The average molecular weight is 716 g/mol. The van der Waals surface area contributed by atoms with E-state index in [2.05, 4.69) is 161 Å². The monoisotopic (exact) mass is 715 g/mol. The van der Waals surface area contributed by atoms with Gasteiger partial charge in [0.15, 0.2) is 0 Å². The van der Waals surface area contributed by atoms with E-state index in [-0.39, 0.29) is 0 Å². The first-order valence-corrected chi connectivity index (χ1v) is 18.8. The SMILES string of the molecule is c1ccc(-n2c3ccccc3c3ccc(-c4ccc5c6cccnc6n(-c6cccc(-c7cc(-c8ccccn8)cc(-c8ccccn8)c7)c6)c5c4)cc32)cc1. The smallest absolute Gasteiger partial charge is 0.145 e. The molecule has 6 aromatic carbocycles. The minimum Gasteiger partial charge on any atom is -0.309 e. The molecule has 0 unspecified atom stereocenters. The molecule has 5 aromatic heterocycles. The van der Waals surface area contributed by atoms with E-state index in [0.29, 0.717) is 0 Å². The van der Waals surface area contributed by atoms with Gasteiger partial charge in [0.25, 0.3) is 0 Å². The zero-order valence-electron chi connectivity index (χ0n) is 30.3. The highest BCUT2D eigenvalue weighted by atomic mass is 15.0. The quantitative estimate of drug-likeness (QED) is 0.172. The molecule has 0 saturated heterocycles.